The Morgan fingerprint density at radius 1 is 1.40 bits per heavy atom. The van der Waals surface area contributed by atoms with E-state index in [1.54, 1.807) is 0 Å². The molecule has 1 rings (SSSR count). The van der Waals surface area contributed by atoms with E-state index in [-0.39, 0.29) is 5.56 Å². The number of benzene rings is 1. The molecule has 0 saturated carbocycles. The first-order chi connectivity index (χ1) is 7.06. The number of carboxylic acids is 1. The number of hydrogen-bond donors (Lipinski definition) is 1. The van der Waals surface area contributed by atoms with Crippen LogP contribution in [-0.2, 0) is 16.0 Å². The van der Waals surface area contributed by atoms with Crippen molar-refractivity contribution in [3.05, 3.63) is 29.3 Å². The minimum Gasteiger partial charge on any atom is -0.481 e. The molecular formula is C9H5F2NO3. The fraction of sp³-hybridized carbons (Fsp3) is 0.111. The van der Waals surface area contributed by atoms with Gasteiger partial charge in [-0.2, -0.15) is 4.99 Å². The number of carbonyl (C=O) groups excluding carboxylic acids is 1. The molecule has 0 atom stereocenters. The SMILES string of the molecule is O=C=Nc1ccc(CC(=O)O)c(F)c1F. The number of aliphatic imine (C=N–C) groups is 1. The molecule has 0 aromatic heterocycles. The minimum atomic E-state index is -1.35. The zero-order valence-electron chi connectivity index (χ0n) is 7.33. The Morgan fingerprint density at radius 3 is 2.60 bits per heavy atom. The quantitative estimate of drug-likeness (QED) is 0.612. The summed E-state index contributed by atoms with van der Waals surface area (Å²) in [5, 5.41) is 8.38. The van der Waals surface area contributed by atoms with Crippen LogP contribution in [0, 0.1) is 11.6 Å². The van der Waals surface area contributed by atoms with Gasteiger partial charge in [0.05, 0.1) is 6.42 Å². The van der Waals surface area contributed by atoms with Crippen LogP contribution in [0.5, 0.6) is 0 Å². The maximum absolute atomic E-state index is 13.1. The molecular weight excluding hydrogens is 208 g/mol. The van der Waals surface area contributed by atoms with Gasteiger partial charge in [-0.05, 0) is 6.07 Å². The minimum absolute atomic E-state index is 0.301. The summed E-state index contributed by atoms with van der Waals surface area (Å²) in [5.41, 5.74) is -0.804. The van der Waals surface area contributed by atoms with Gasteiger partial charge in [0.1, 0.15) is 5.69 Å². The summed E-state index contributed by atoms with van der Waals surface area (Å²) in [7, 11) is 0. The van der Waals surface area contributed by atoms with E-state index in [2.05, 4.69) is 4.99 Å². The van der Waals surface area contributed by atoms with Crippen LogP contribution in [0.2, 0.25) is 0 Å². The number of carbonyl (C=O) groups is 1. The van der Waals surface area contributed by atoms with Gasteiger partial charge in [-0.15, -0.1) is 0 Å². The van der Waals surface area contributed by atoms with Gasteiger partial charge in [0.15, 0.2) is 11.6 Å². The van der Waals surface area contributed by atoms with Crippen molar-refractivity contribution in [1.29, 1.82) is 0 Å². The van der Waals surface area contributed by atoms with Crippen LogP contribution >= 0.6 is 0 Å². The molecule has 6 heteroatoms. The summed E-state index contributed by atoms with van der Waals surface area (Å²) >= 11 is 0. The molecule has 0 saturated heterocycles. The second-order valence-corrected chi connectivity index (χ2v) is 2.65. The largest absolute Gasteiger partial charge is 0.481 e. The van der Waals surface area contributed by atoms with Crippen molar-refractivity contribution >= 4 is 17.7 Å². The Hall–Kier alpha value is -2.07. The molecule has 1 N–H and O–H groups in total. The molecule has 0 bridgehead atoms. The van der Waals surface area contributed by atoms with Gasteiger partial charge in [-0.3, -0.25) is 4.79 Å². The van der Waals surface area contributed by atoms with Crippen LogP contribution < -0.4 is 0 Å². The Kier molecular flexibility index (Phi) is 3.25. The van der Waals surface area contributed by atoms with E-state index in [0.29, 0.717) is 0 Å². The molecule has 0 aliphatic carbocycles. The zero-order valence-corrected chi connectivity index (χ0v) is 7.33. The van der Waals surface area contributed by atoms with Crippen molar-refractivity contribution < 1.29 is 23.5 Å². The van der Waals surface area contributed by atoms with Crippen LogP contribution in [0.15, 0.2) is 17.1 Å². The monoisotopic (exact) mass is 213 g/mol. The zero-order chi connectivity index (χ0) is 11.4. The van der Waals surface area contributed by atoms with Gasteiger partial charge in [0.2, 0.25) is 6.08 Å². The molecule has 4 nitrogen and oxygen atoms in total. The standard InChI is InChI=1S/C9H5F2NO3/c10-8-5(3-7(14)15)1-2-6(9(8)11)12-4-13/h1-2H,3H2,(H,14,15). The Morgan fingerprint density at radius 2 is 2.07 bits per heavy atom. The average Bonchev–Trinajstić information content (AvgIpc) is 2.17. The predicted molar refractivity (Wildman–Crippen MR) is 45.5 cm³/mol. The normalized spacial score (nSPS) is 9.47. The van der Waals surface area contributed by atoms with Gasteiger partial charge < -0.3 is 5.11 Å². The van der Waals surface area contributed by atoms with Crippen LogP contribution in [0.4, 0.5) is 14.5 Å². The van der Waals surface area contributed by atoms with E-state index in [9.17, 15) is 18.4 Å². The summed E-state index contributed by atoms with van der Waals surface area (Å²) in [4.78, 5) is 23.0. The van der Waals surface area contributed by atoms with Gasteiger partial charge >= 0.3 is 5.97 Å². The highest BCUT2D eigenvalue weighted by Crippen LogP contribution is 2.22. The van der Waals surface area contributed by atoms with E-state index in [1.807, 2.05) is 0 Å². The Labute approximate surface area is 82.9 Å². The number of nitrogens with zero attached hydrogens (tertiary/aromatic N) is 1. The van der Waals surface area contributed by atoms with Crippen molar-refractivity contribution in [1.82, 2.24) is 0 Å². The molecule has 0 radical (unpaired) electrons. The lowest BCUT2D eigenvalue weighted by Crippen LogP contribution is -2.03. The number of rotatable bonds is 3. The highest BCUT2D eigenvalue weighted by molar-refractivity contribution is 5.70. The summed E-state index contributed by atoms with van der Waals surface area (Å²) < 4.78 is 26.2. The molecule has 0 unspecified atom stereocenters. The molecule has 0 aliphatic rings. The van der Waals surface area contributed by atoms with Crippen molar-refractivity contribution in [3.63, 3.8) is 0 Å². The van der Waals surface area contributed by atoms with Crippen LogP contribution in [0.3, 0.4) is 0 Å². The van der Waals surface area contributed by atoms with Gasteiger partial charge in [0.25, 0.3) is 0 Å². The third-order valence-electron chi connectivity index (χ3n) is 1.65. The topological polar surface area (TPSA) is 66.7 Å². The number of aliphatic carboxylic acids is 1. The second-order valence-electron chi connectivity index (χ2n) is 2.65. The third kappa shape index (κ3) is 2.45. The molecule has 0 spiro atoms. The third-order valence-corrected chi connectivity index (χ3v) is 1.65. The first kappa shape index (κ1) is 11.0. The molecule has 0 fully saturated rings. The van der Waals surface area contributed by atoms with Crippen molar-refractivity contribution in [2.24, 2.45) is 4.99 Å². The highest BCUT2D eigenvalue weighted by Gasteiger charge is 2.14. The van der Waals surface area contributed by atoms with Gasteiger partial charge in [-0.25, -0.2) is 13.6 Å². The van der Waals surface area contributed by atoms with Gasteiger partial charge in [0, 0.05) is 5.56 Å². The molecule has 0 aliphatic heterocycles. The summed E-state index contributed by atoms with van der Waals surface area (Å²) in [6.07, 6.45) is 0.433. The Bertz CT molecular complexity index is 453. The number of carboxylic acid groups (broad SMARTS) is 1. The van der Waals surface area contributed by atoms with Crippen LogP contribution in [0.25, 0.3) is 0 Å². The lowest BCUT2D eigenvalue weighted by Gasteiger charge is -2.02. The van der Waals surface area contributed by atoms with Crippen molar-refractivity contribution in [2.75, 3.05) is 0 Å². The molecule has 1 aromatic rings. The molecule has 78 valence electrons. The van der Waals surface area contributed by atoms with Crippen LogP contribution in [0.1, 0.15) is 5.56 Å². The maximum atomic E-state index is 13.1. The fourth-order valence-corrected chi connectivity index (χ4v) is 1.01. The number of halogens is 2. The maximum Gasteiger partial charge on any atom is 0.307 e. The molecule has 0 heterocycles. The molecule has 0 amide bonds. The lowest BCUT2D eigenvalue weighted by atomic mass is 10.1. The van der Waals surface area contributed by atoms with Gasteiger partial charge in [-0.1, -0.05) is 6.07 Å². The first-order valence-electron chi connectivity index (χ1n) is 3.82. The van der Waals surface area contributed by atoms with Crippen molar-refractivity contribution in [2.45, 2.75) is 6.42 Å². The van der Waals surface area contributed by atoms with E-state index in [1.165, 1.54) is 0 Å². The van der Waals surface area contributed by atoms with E-state index in [4.69, 9.17) is 5.11 Å². The second kappa shape index (κ2) is 4.43. The fourth-order valence-electron chi connectivity index (χ4n) is 1.01. The van der Waals surface area contributed by atoms with E-state index < -0.39 is 29.7 Å². The summed E-state index contributed by atoms with van der Waals surface area (Å²) in [5.74, 6) is -3.94. The number of isocyanates is 1. The van der Waals surface area contributed by atoms with Crippen LogP contribution in [-0.4, -0.2) is 17.2 Å². The van der Waals surface area contributed by atoms with Crippen molar-refractivity contribution in [3.8, 4) is 0 Å². The van der Waals surface area contributed by atoms with E-state index in [0.717, 1.165) is 18.2 Å². The molecule has 1 aromatic carbocycles. The first-order valence-corrected chi connectivity index (χ1v) is 3.82. The Balaban J connectivity index is 3.20. The molecule has 15 heavy (non-hydrogen) atoms. The van der Waals surface area contributed by atoms with E-state index >= 15 is 0 Å². The lowest BCUT2D eigenvalue weighted by molar-refractivity contribution is -0.136. The number of hydrogen-bond acceptors (Lipinski definition) is 3. The average molecular weight is 213 g/mol. The smallest absolute Gasteiger partial charge is 0.307 e. The summed E-state index contributed by atoms with van der Waals surface area (Å²) in [6.45, 7) is 0. The predicted octanol–water partition coefficient (Wildman–Crippen LogP) is 1.56. The summed E-state index contributed by atoms with van der Waals surface area (Å²) in [6, 6.07) is 2.07. The highest BCUT2D eigenvalue weighted by atomic mass is 19.2.